The molecule has 12 heteroatoms. The van der Waals surface area contributed by atoms with Gasteiger partial charge in [0.15, 0.2) is 5.82 Å². The zero-order valence-corrected chi connectivity index (χ0v) is 26.2. The van der Waals surface area contributed by atoms with Crippen molar-refractivity contribution in [2.45, 2.75) is 58.6 Å². The van der Waals surface area contributed by atoms with E-state index in [0.29, 0.717) is 61.7 Å². The van der Waals surface area contributed by atoms with Gasteiger partial charge in [-0.05, 0) is 58.4 Å². The molecule has 2 aromatic heterocycles. The topological polar surface area (TPSA) is 93.6 Å². The lowest BCUT2D eigenvalue weighted by Crippen LogP contribution is -2.55. The number of ether oxygens (including phenoxy) is 2. The summed E-state index contributed by atoms with van der Waals surface area (Å²) in [5, 5.41) is 0.386. The molecule has 0 unspecified atom stereocenters. The average Bonchev–Trinajstić information content (AvgIpc) is 2.97. The molecule has 0 N–H and O–H groups in total. The van der Waals surface area contributed by atoms with Gasteiger partial charge in [0.2, 0.25) is 0 Å². The largest absolute Gasteiger partial charge is 0.496 e. The lowest BCUT2D eigenvalue weighted by Gasteiger charge is -2.41. The van der Waals surface area contributed by atoms with E-state index in [2.05, 4.69) is 15.0 Å². The lowest BCUT2D eigenvalue weighted by atomic mass is 10.0. The molecule has 9 nitrogen and oxygen atoms in total. The monoisotopic (exact) mass is 624 g/mol. The summed E-state index contributed by atoms with van der Waals surface area (Å²) in [7, 11) is 1.39. The maximum Gasteiger partial charge on any atom is 0.410 e. The van der Waals surface area contributed by atoms with Crippen LogP contribution in [0.2, 0.25) is 5.02 Å². The smallest absolute Gasteiger partial charge is 0.410 e. The molecule has 1 aliphatic heterocycles. The Morgan fingerprint density at radius 3 is 2.45 bits per heavy atom. The summed E-state index contributed by atoms with van der Waals surface area (Å²) in [6, 6.07) is 7.37. The van der Waals surface area contributed by atoms with E-state index in [1.54, 1.807) is 35.5 Å². The Kier molecular flexibility index (Phi) is 9.15. The van der Waals surface area contributed by atoms with Crippen LogP contribution >= 0.6 is 11.6 Å². The molecule has 1 aliphatic rings. The predicted octanol–water partition coefficient (Wildman–Crippen LogP) is 6.65. The van der Waals surface area contributed by atoms with Crippen molar-refractivity contribution >= 4 is 34.4 Å². The third-order valence-electron chi connectivity index (χ3n) is 7.33. The van der Waals surface area contributed by atoms with Gasteiger partial charge in [-0.1, -0.05) is 17.7 Å². The van der Waals surface area contributed by atoms with Crippen molar-refractivity contribution in [2.75, 3.05) is 31.6 Å². The van der Waals surface area contributed by atoms with Gasteiger partial charge >= 0.3 is 6.09 Å². The molecule has 2 aromatic carbocycles. The summed E-state index contributed by atoms with van der Waals surface area (Å²) >= 11 is 6.68. The number of fused-ring (bicyclic) bond motifs is 1. The Morgan fingerprint density at radius 2 is 1.77 bits per heavy atom. The molecule has 0 aliphatic carbocycles. The minimum atomic E-state index is -0.771. The van der Waals surface area contributed by atoms with E-state index in [0.717, 1.165) is 0 Å². The van der Waals surface area contributed by atoms with Crippen LogP contribution < -0.4 is 9.64 Å². The highest BCUT2D eigenvalue weighted by atomic mass is 35.5. The van der Waals surface area contributed by atoms with Crippen LogP contribution in [0.15, 0.2) is 42.7 Å². The number of aromatic nitrogens is 4. The molecule has 44 heavy (non-hydrogen) atoms. The molecule has 1 saturated heterocycles. The van der Waals surface area contributed by atoms with Crippen LogP contribution in [0.4, 0.5) is 19.4 Å². The van der Waals surface area contributed by atoms with Gasteiger partial charge in [-0.2, -0.15) is 0 Å². The summed E-state index contributed by atoms with van der Waals surface area (Å²) in [6.07, 6.45) is 4.62. The van der Waals surface area contributed by atoms with Crippen LogP contribution in [0.3, 0.4) is 0 Å². The Hall–Kier alpha value is -4.12. The van der Waals surface area contributed by atoms with E-state index in [1.165, 1.54) is 19.2 Å². The van der Waals surface area contributed by atoms with Crippen LogP contribution in [0.1, 0.15) is 45.8 Å². The third-order valence-corrected chi connectivity index (χ3v) is 7.63. The lowest BCUT2D eigenvalue weighted by molar-refractivity contribution is 0.0158. The number of carbonyl (C=O) groups is 1. The number of halogens is 3. The van der Waals surface area contributed by atoms with Crippen molar-refractivity contribution in [3.8, 4) is 16.9 Å². The van der Waals surface area contributed by atoms with E-state index in [9.17, 15) is 4.79 Å². The van der Waals surface area contributed by atoms with Crippen molar-refractivity contribution in [1.29, 1.82) is 0 Å². The van der Waals surface area contributed by atoms with Crippen molar-refractivity contribution in [3.05, 3.63) is 71.0 Å². The first-order valence-corrected chi connectivity index (χ1v) is 14.9. The fourth-order valence-electron chi connectivity index (χ4n) is 5.33. The molecule has 1 amide bonds. The molecular formula is C32H35ClF2N6O3. The van der Waals surface area contributed by atoms with Crippen molar-refractivity contribution in [1.82, 2.24) is 24.8 Å². The second-order valence-corrected chi connectivity index (χ2v) is 12.1. The van der Waals surface area contributed by atoms with Gasteiger partial charge in [-0.25, -0.2) is 33.5 Å². The third kappa shape index (κ3) is 6.67. The molecule has 1 atom stereocenters. The number of anilines is 1. The highest BCUT2D eigenvalue weighted by molar-refractivity contribution is 6.34. The van der Waals surface area contributed by atoms with Gasteiger partial charge in [-0.3, -0.25) is 0 Å². The molecule has 0 saturated carbocycles. The molecular weight excluding hydrogens is 590 g/mol. The second-order valence-electron chi connectivity index (χ2n) is 11.7. The van der Waals surface area contributed by atoms with E-state index in [-0.39, 0.29) is 33.5 Å². The van der Waals surface area contributed by atoms with Gasteiger partial charge < -0.3 is 19.3 Å². The number of carbonyl (C=O) groups excluding carboxylic acids is 1. The van der Waals surface area contributed by atoms with E-state index in [1.807, 2.05) is 32.6 Å². The number of nitrogens with zero attached hydrogens (tertiary/aromatic N) is 6. The van der Waals surface area contributed by atoms with Gasteiger partial charge in [0.05, 0.1) is 17.7 Å². The number of hydrogen-bond donors (Lipinski definition) is 0. The van der Waals surface area contributed by atoms with Gasteiger partial charge in [0, 0.05) is 61.9 Å². The Labute approximate surface area is 260 Å². The molecule has 5 rings (SSSR count). The standard InChI is InChI=1S/C32H35ClF2N6O3/c1-19-18-40(15-16-41(19)31(42)44-32(2,3)4)30-20-17-21(33)26(27-22(34)9-6-10-23(27)43-5)28(35)29(20)38-25(39-30)12-7-11-24-36-13-8-14-37-24/h6,8-10,13-14,17,19H,7,11-12,15-16,18H2,1-5H3/t19-/m1/s1. The molecule has 4 aromatic rings. The quantitative estimate of drug-likeness (QED) is 0.226. The molecule has 3 heterocycles. The average molecular weight is 625 g/mol. The van der Waals surface area contributed by atoms with Crippen molar-refractivity contribution in [2.24, 2.45) is 0 Å². The fraction of sp³-hybridized carbons (Fsp3) is 0.406. The number of hydrogen-bond acceptors (Lipinski definition) is 8. The molecule has 0 spiro atoms. The minimum absolute atomic E-state index is 0.00216. The SMILES string of the molecule is COc1cccc(F)c1-c1c(Cl)cc2c(N3CCN(C(=O)OC(C)(C)C)[C@H](C)C3)nc(CCCc3ncccn3)nc2c1F. The van der Waals surface area contributed by atoms with E-state index < -0.39 is 23.3 Å². The van der Waals surface area contributed by atoms with E-state index >= 15 is 8.78 Å². The molecule has 0 bridgehead atoms. The summed E-state index contributed by atoms with van der Waals surface area (Å²) < 4.78 is 42.6. The summed E-state index contributed by atoms with van der Waals surface area (Å²) in [5.74, 6) is 0.298. The summed E-state index contributed by atoms with van der Waals surface area (Å²) in [5.41, 5.74) is -0.816. The van der Waals surface area contributed by atoms with Gasteiger partial charge in [0.25, 0.3) is 0 Å². The van der Waals surface area contributed by atoms with E-state index in [4.69, 9.17) is 26.1 Å². The Bertz CT molecular complexity index is 1670. The summed E-state index contributed by atoms with van der Waals surface area (Å²) in [6.45, 7) is 8.63. The maximum atomic E-state index is 16.5. The summed E-state index contributed by atoms with van der Waals surface area (Å²) in [4.78, 5) is 34.6. The number of rotatable bonds is 7. The number of benzene rings is 2. The van der Waals surface area contributed by atoms with Crippen LogP contribution in [-0.4, -0.2) is 69.3 Å². The zero-order valence-electron chi connectivity index (χ0n) is 25.4. The van der Waals surface area contributed by atoms with Crippen molar-refractivity contribution < 1.29 is 23.0 Å². The maximum absolute atomic E-state index is 16.5. The number of piperazine rings is 1. The predicted molar refractivity (Wildman–Crippen MR) is 165 cm³/mol. The molecule has 0 radical (unpaired) electrons. The molecule has 1 fully saturated rings. The highest BCUT2D eigenvalue weighted by Gasteiger charge is 2.33. The normalized spacial score (nSPS) is 15.5. The minimum Gasteiger partial charge on any atom is -0.496 e. The number of amides is 1. The highest BCUT2D eigenvalue weighted by Crippen LogP contribution is 2.42. The first-order chi connectivity index (χ1) is 21.0. The number of aryl methyl sites for hydroxylation is 2. The van der Waals surface area contributed by atoms with Gasteiger partial charge in [-0.15, -0.1) is 0 Å². The zero-order chi connectivity index (χ0) is 31.6. The Balaban J connectivity index is 1.56. The van der Waals surface area contributed by atoms with Crippen LogP contribution in [-0.2, 0) is 17.6 Å². The van der Waals surface area contributed by atoms with Crippen LogP contribution in [0, 0.1) is 11.6 Å². The van der Waals surface area contributed by atoms with Gasteiger partial charge in [0.1, 0.15) is 40.2 Å². The van der Waals surface area contributed by atoms with Crippen LogP contribution in [0.25, 0.3) is 22.0 Å². The number of methoxy groups -OCH3 is 1. The fourth-order valence-corrected chi connectivity index (χ4v) is 5.62. The van der Waals surface area contributed by atoms with Crippen LogP contribution in [0.5, 0.6) is 5.75 Å². The first-order valence-electron chi connectivity index (χ1n) is 14.5. The second kappa shape index (κ2) is 12.9. The molecule has 232 valence electrons. The first kappa shape index (κ1) is 31.3. The van der Waals surface area contributed by atoms with Crippen molar-refractivity contribution in [3.63, 3.8) is 0 Å². The Morgan fingerprint density at radius 1 is 1.05 bits per heavy atom.